The number of aliphatic hydroxyl groups is 1. The molecule has 0 saturated carbocycles. The van der Waals surface area contributed by atoms with Gasteiger partial charge in [-0.2, -0.15) is 0 Å². The maximum absolute atomic E-state index is 13.2. The van der Waals surface area contributed by atoms with Crippen LogP contribution in [0.15, 0.2) is 40.9 Å². The molecule has 0 bridgehead atoms. The first-order chi connectivity index (χ1) is 8.97. The highest BCUT2D eigenvalue weighted by atomic mass is 79.9. The fourth-order valence-electron chi connectivity index (χ4n) is 1.95. The Morgan fingerprint density at radius 3 is 2.68 bits per heavy atom. The summed E-state index contributed by atoms with van der Waals surface area (Å²) in [6, 6.07) is 9.90. The van der Waals surface area contributed by atoms with Crippen LogP contribution in [0.3, 0.4) is 0 Å². The highest BCUT2D eigenvalue weighted by molar-refractivity contribution is 9.10. The number of halogens is 3. The maximum atomic E-state index is 13.2. The average molecular weight is 344 g/mol. The van der Waals surface area contributed by atoms with Crippen molar-refractivity contribution >= 4 is 27.5 Å². The number of benzene rings is 2. The maximum Gasteiger partial charge on any atom is 0.123 e. The molecule has 0 heterocycles. The van der Waals surface area contributed by atoms with E-state index in [-0.39, 0.29) is 5.82 Å². The highest BCUT2D eigenvalue weighted by Crippen LogP contribution is 2.29. The van der Waals surface area contributed by atoms with E-state index in [0.29, 0.717) is 17.0 Å². The van der Waals surface area contributed by atoms with Gasteiger partial charge in [-0.25, -0.2) is 4.39 Å². The number of rotatable bonds is 3. The molecule has 0 amide bonds. The molecule has 2 aromatic rings. The Balaban J connectivity index is 2.25. The molecule has 0 saturated heterocycles. The van der Waals surface area contributed by atoms with Crippen molar-refractivity contribution in [2.75, 3.05) is 0 Å². The Labute approximate surface area is 125 Å². The van der Waals surface area contributed by atoms with Gasteiger partial charge in [0.05, 0.1) is 6.10 Å². The Bertz CT molecular complexity index is 601. The molecule has 1 nitrogen and oxygen atoms in total. The smallest absolute Gasteiger partial charge is 0.123 e. The second-order valence-corrected chi connectivity index (χ2v) is 5.78. The van der Waals surface area contributed by atoms with Crippen molar-refractivity contribution < 1.29 is 9.50 Å². The molecule has 0 radical (unpaired) electrons. The van der Waals surface area contributed by atoms with Crippen molar-refractivity contribution in [3.05, 3.63) is 68.4 Å². The molecule has 1 atom stereocenters. The zero-order valence-corrected chi connectivity index (χ0v) is 12.7. The van der Waals surface area contributed by atoms with Crippen LogP contribution in [0, 0.1) is 12.7 Å². The van der Waals surface area contributed by atoms with Crippen LogP contribution in [0.4, 0.5) is 4.39 Å². The summed E-state index contributed by atoms with van der Waals surface area (Å²) in [6.45, 7) is 1.89. The highest BCUT2D eigenvalue weighted by Gasteiger charge is 2.14. The molecular formula is C15H13BrClFO. The number of hydrogen-bond donors (Lipinski definition) is 1. The second-order valence-electron chi connectivity index (χ2n) is 4.46. The van der Waals surface area contributed by atoms with E-state index in [2.05, 4.69) is 15.9 Å². The third-order valence-corrected chi connectivity index (χ3v) is 3.87. The lowest BCUT2D eigenvalue weighted by atomic mass is 9.98. The van der Waals surface area contributed by atoms with Gasteiger partial charge in [-0.15, -0.1) is 0 Å². The van der Waals surface area contributed by atoms with Gasteiger partial charge in [0.15, 0.2) is 0 Å². The SMILES string of the molecule is Cc1ccc(F)cc1CC(O)c1ccc(Br)cc1Cl. The van der Waals surface area contributed by atoms with Crippen molar-refractivity contribution in [3.63, 3.8) is 0 Å². The van der Waals surface area contributed by atoms with Crippen LogP contribution in [-0.4, -0.2) is 5.11 Å². The molecule has 0 aliphatic heterocycles. The lowest BCUT2D eigenvalue weighted by Crippen LogP contribution is -2.04. The predicted molar refractivity (Wildman–Crippen MR) is 79.0 cm³/mol. The number of aliphatic hydroxyl groups excluding tert-OH is 1. The van der Waals surface area contributed by atoms with Crippen LogP contribution >= 0.6 is 27.5 Å². The van der Waals surface area contributed by atoms with E-state index in [1.165, 1.54) is 12.1 Å². The number of hydrogen-bond acceptors (Lipinski definition) is 1. The van der Waals surface area contributed by atoms with E-state index < -0.39 is 6.10 Å². The summed E-state index contributed by atoms with van der Waals surface area (Å²) in [5.41, 5.74) is 2.38. The molecule has 2 rings (SSSR count). The van der Waals surface area contributed by atoms with Crippen LogP contribution in [0.5, 0.6) is 0 Å². The summed E-state index contributed by atoms with van der Waals surface area (Å²) >= 11 is 9.42. The lowest BCUT2D eigenvalue weighted by molar-refractivity contribution is 0.178. The summed E-state index contributed by atoms with van der Waals surface area (Å²) < 4.78 is 14.1. The summed E-state index contributed by atoms with van der Waals surface area (Å²) in [7, 11) is 0. The Morgan fingerprint density at radius 1 is 1.26 bits per heavy atom. The molecule has 0 aromatic heterocycles. The average Bonchev–Trinajstić information content (AvgIpc) is 2.33. The van der Waals surface area contributed by atoms with E-state index >= 15 is 0 Å². The monoisotopic (exact) mass is 342 g/mol. The van der Waals surface area contributed by atoms with Gasteiger partial charge in [0, 0.05) is 15.9 Å². The lowest BCUT2D eigenvalue weighted by Gasteiger charge is -2.14. The molecule has 0 spiro atoms. The zero-order chi connectivity index (χ0) is 14.0. The minimum atomic E-state index is -0.749. The Hall–Kier alpha value is -0.900. The van der Waals surface area contributed by atoms with E-state index in [0.717, 1.165) is 15.6 Å². The van der Waals surface area contributed by atoms with Gasteiger partial charge in [0.1, 0.15) is 5.82 Å². The molecule has 0 aliphatic rings. The molecule has 19 heavy (non-hydrogen) atoms. The van der Waals surface area contributed by atoms with Crippen LogP contribution in [-0.2, 0) is 6.42 Å². The van der Waals surface area contributed by atoms with Crippen LogP contribution in [0.25, 0.3) is 0 Å². The summed E-state index contributed by atoms with van der Waals surface area (Å²) in [5.74, 6) is -0.297. The summed E-state index contributed by atoms with van der Waals surface area (Å²) in [4.78, 5) is 0. The van der Waals surface area contributed by atoms with E-state index in [1.807, 2.05) is 13.0 Å². The van der Waals surface area contributed by atoms with Crippen molar-refractivity contribution in [2.24, 2.45) is 0 Å². The van der Waals surface area contributed by atoms with Crippen LogP contribution < -0.4 is 0 Å². The summed E-state index contributed by atoms with van der Waals surface area (Å²) in [5, 5.41) is 10.7. The normalized spacial score (nSPS) is 12.5. The molecule has 1 unspecified atom stereocenters. The topological polar surface area (TPSA) is 20.2 Å². The largest absolute Gasteiger partial charge is 0.388 e. The van der Waals surface area contributed by atoms with E-state index in [1.54, 1.807) is 18.2 Å². The number of aryl methyl sites for hydroxylation is 1. The minimum absolute atomic E-state index is 0.297. The van der Waals surface area contributed by atoms with Gasteiger partial charge in [-0.1, -0.05) is 39.7 Å². The van der Waals surface area contributed by atoms with E-state index in [4.69, 9.17) is 11.6 Å². The van der Waals surface area contributed by atoms with Gasteiger partial charge in [-0.05, 0) is 47.9 Å². The predicted octanol–water partition coefficient (Wildman–Crippen LogP) is 4.83. The minimum Gasteiger partial charge on any atom is -0.388 e. The summed E-state index contributed by atoms with van der Waals surface area (Å²) in [6.07, 6.45) is -0.411. The third kappa shape index (κ3) is 3.56. The van der Waals surface area contributed by atoms with Crippen molar-refractivity contribution in [1.29, 1.82) is 0 Å². The second kappa shape index (κ2) is 6.04. The standard InChI is InChI=1S/C15H13BrClFO/c1-9-2-4-12(18)6-10(9)7-15(19)13-5-3-11(16)8-14(13)17/h2-6,8,15,19H,7H2,1H3. The molecule has 0 fully saturated rings. The first-order valence-electron chi connectivity index (χ1n) is 5.85. The molecule has 0 aliphatic carbocycles. The fraction of sp³-hybridized carbons (Fsp3) is 0.200. The third-order valence-electron chi connectivity index (χ3n) is 3.05. The van der Waals surface area contributed by atoms with Gasteiger partial charge in [0.25, 0.3) is 0 Å². The Morgan fingerprint density at radius 2 is 2.00 bits per heavy atom. The van der Waals surface area contributed by atoms with Gasteiger partial charge in [-0.3, -0.25) is 0 Å². The first kappa shape index (κ1) is 14.5. The fourth-order valence-corrected chi connectivity index (χ4v) is 2.75. The van der Waals surface area contributed by atoms with Gasteiger partial charge in [0.2, 0.25) is 0 Å². The van der Waals surface area contributed by atoms with Gasteiger partial charge >= 0.3 is 0 Å². The molecule has 100 valence electrons. The van der Waals surface area contributed by atoms with Crippen LogP contribution in [0.2, 0.25) is 5.02 Å². The van der Waals surface area contributed by atoms with Crippen molar-refractivity contribution in [3.8, 4) is 0 Å². The van der Waals surface area contributed by atoms with Gasteiger partial charge < -0.3 is 5.11 Å². The molecule has 1 N–H and O–H groups in total. The molecular weight excluding hydrogens is 331 g/mol. The zero-order valence-electron chi connectivity index (χ0n) is 10.3. The first-order valence-corrected chi connectivity index (χ1v) is 7.02. The van der Waals surface area contributed by atoms with E-state index in [9.17, 15) is 9.50 Å². The Kier molecular flexibility index (Phi) is 4.61. The van der Waals surface area contributed by atoms with Crippen molar-refractivity contribution in [2.45, 2.75) is 19.4 Å². The molecule has 4 heteroatoms. The van der Waals surface area contributed by atoms with Crippen LogP contribution in [0.1, 0.15) is 22.8 Å². The quantitative estimate of drug-likeness (QED) is 0.846. The van der Waals surface area contributed by atoms with Crippen molar-refractivity contribution in [1.82, 2.24) is 0 Å². The molecule has 2 aromatic carbocycles.